The SMILES string of the molecule is Cc1ccc(NC(=O)c2ccc(-c3ccc(Cl)cc3)nc2)cc1C. The van der Waals surface area contributed by atoms with Crippen LogP contribution in [-0.2, 0) is 0 Å². The number of rotatable bonds is 3. The molecule has 3 aromatic rings. The molecular formula is C20H17ClN2O. The first-order chi connectivity index (χ1) is 11.5. The molecule has 0 aliphatic rings. The van der Waals surface area contributed by atoms with E-state index in [1.165, 1.54) is 5.56 Å². The summed E-state index contributed by atoms with van der Waals surface area (Å²) in [7, 11) is 0. The Kier molecular flexibility index (Phi) is 4.63. The maximum absolute atomic E-state index is 12.3. The molecule has 0 saturated carbocycles. The molecule has 0 fully saturated rings. The van der Waals surface area contributed by atoms with Crippen LogP contribution in [0.3, 0.4) is 0 Å². The smallest absolute Gasteiger partial charge is 0.257 e. The fourth-order valence-corrected chi connectivity index (χ4v) is 2.47. The van der Waals surface area contributed by atoms with E-state index < -0.39 is 0 Å². The predicted octanol–water partition coefficient (Wildman–Crippen LogP) is 5.27. The van der Waals surface area contributed by atoms with E-state index in [2.05, 4.69) is 10.3 Å². The molecule has 120 valence electrons. The normalized spacial score (nSPS) is 10.5. The van der Waals surface area contributed by atoms with Gasteiger partial charge in [-0.15, -0.1) is 0 Å². The number of carbonyl (C=O) groups is 1. The molecule has 3 rings (SSSR count). The molecule has 0 atom stereocenters. The fourth-order valence-electron chi connectivity index (χ4n) is 2.34. The molecule has 1 heterocycles. The van der Waals surface area contributed by atoms with Gasteiger partial charge >= 0.3 is 0 Å². The molecule has 0 aliphatic heterocycles. The number of amides is 1. The number of nitrogens with zero attached hydrogens (tertiary/aromatic N) is 1. The van der Waals surface area contributed by atoms with Gasteiger partial charge in [0.15, 0.2) is 0 Å². The van der Waals surface area contributed by atoms with Gasteiger partial charge in [0, 0.05) is 22.5 Å². The molecule has 0 saturated heterocycles. The van der Waals surface area contributed by atoms with Crippen molar-refractivity contribution in [3.8, 4) is 11.3 Å². The summed E-state index contributed by atoms with van der Waals surface area (Å²) in [6.45, 7) is 4.06. The van der Waals surface area contributed by atoms with Gasteiger partial charge in [0.1, 0.15) is 0 Å². The lowest BCUT2D eigenvalue weighted by Crippen LogP contribution is -2.12. The van der Waals surface area contributed by atoms with Gasteiger partial charge in [0.05, 0.1) is 11.3 Å². The average molecular weight is 337 g/mol. The zero-order valence-corrected chi connectivity index (χ0v) is 14.3. The van der Waals surface area contributed by atoms with Crippen LogP contribution < -0.4 is 5.32 Å². The lowest BCUT2D eigenvalue weighted by molar-refractivity contribution is 0.102. The average Bonchev–Trinajstić information content (AvgIpc) is 2.59. The van der Waals surface area contributed by atoms with E-state index in [9.17, 15) is 4.79 Å². The van der Waals surface area contributed by atoms with E-state index in [4.69, 9.17) is 11.6 Å². The Morgan fingerprint density at radius 2 is 1.71 bits per heavy atom. The van der Waals surface area contributed by atoms with E-state index in [0.717, 1.165) is 22.5 Å². The number of benzene rings is 2. The minimum absolute atomic E-state index is 0.173. The van der Waals surface area contributed by atoms with Gasteiger partial charge in [-0.3, -0.25) is 9.78 Å². The summed E-state index contributed by atoms with van der Waals surface area (Å²) in [5.74, 6) is -0.173. The molecule has 1 amide bonds. The van der Waals surface area contributed by atoms with Crippen molar-refractivity contribution in [2.24, 2.45) is 0 Å². The van der Waals surface area contributed by atoms with Crippen molar-refractivity contribution in [3.63, 3.8) is 0 Å². The van der Waals surface area contributed by atoms with Crippen LogP contribution in [0.25, 0.3) is 11.3 Å². The minimum atomic E-state index is -0.173. The highest BCUT2D eigenvalue weighted by atomic mass is 35.5. The van der Waals surface area contributed by atoms with Crippen LogP contribution in [0, 0.1) is 13.8 Å². The van der Waals surface area contributed by atoms with Crippen LogP contribution >= 0.6 is 11.6 Å². The summed E-state index contributed by atoms with van der Waals surface area (Å²) in [4.78, 5) is 16.7. The fraction of sp³-hybridized carbons (Fsp3) is 0.100. The second-order valence-corrected chi connectivity index (χ2v) is 6.13. The van der Waals surface area contributed by atoms with Crippen LogP contribution in [0.5, 0.6) is 0 Å². The van der Waals surface area contributed by atoms with Crippen LogP contribution in [0.4, 0.5) is 5.69 Å². The van der Waals surface area contributed by atoms with Crippen molar-refractivity contribution in [3.05, 3.63) is 82.5 Å². The Labute approximate surface area is 146 Å². The van der Waals surface area contributed by atoms with E-state index in [0.29, 0.717) is 10.6 Å². The van der Waals surface area contributed by atoms with Gasteiger partial charge in [-0.2, -0.15) is 0 Å². The number of pyridine rings is 1. The second-order valence-electron chi connectivity index (χ2n) is 5.69. The van der Waals surface area contributed by atoms with E-state index in [1.807, 2.05) is 62.4 Å². The Balaban J connectivity index is 1.76. The highest BCUT2D eigenvalue weighted by Gasteiger charge is 2.08. The third kappa shape index (κ3) is 3.63. The number of hydrogen-bond donors (Lipinski definition) is 1. The summed E-state index contributed by atoms with van der Waals surface area (Å²) in [6.07, 6.45) is 1.58. The van der Waals surface area contributed by atoms with Crippen molar-refractivity contribution in [2.75, 3.05) is 5.32 Å². The van der Waals surface area contributed by atoms with Crippen LogP contribution in [0.15, 0.2) is 60.8 Å². The maximum Gasteiger partial charge on any atom is 0.257 e. The summed E-state index contributed by atoms with van der Waals surface area (Å²) >= 11 is 5.89. The maximum atomic E-state index is 12.3. The number of aromatic nitrogens is 1. The van der Waals surface area contributed by atoms with Crippen molar-refractivity contribution in [1.29, 1.82) is 0 Å². The topological polar surface area (TPSA) is 42.0 Å². The summed E-state index contributed by atoms with van der Waals surface area (Å²) in [6, 6.07) is 16.9. The number of aryl methyl sites for hydroxylation is 2. The highest BCUT2D eigenvalue weighted by molar-refractivity contribution is 6.30. The molecule has 0 spiro atoms. The second kappa shape index (κ2) is 6.85. The minimum Gasteiger partial charge on any atom is -0.322 e. The van der Waals surface area contributed by atoms with Gasteiger partial charge in [-0.25, -0.2) is 0 Å². The quantitative estimate of drug-likeness (QED) is 0.707. The van der Waals surface area contributed by atoms with Gasteiger partial charge in [-0.1, -0.05) is 29.8 Å². The zero-order chi connectivity index (χ0) is 17.1. The molecule has 2 aromatic carbocycles. The first kappa shape index (κ1) is 16.2. The zero-order valence-electron chi connectivity index (χ0n) is 13.5. The Morgan fingerprint density at radius 1 is 0.958 bits per heavy atom. The molecule has 0 aliphatic carbocycles. The lowest BCUT2D eigenvalue weighted by atomic mass is 10.1. The number of halogens is 1. The monoisotopic (exact) mass is 336 g/mol. The molecule has 0 unspecified atom stereocenters. The molecular weight excluding hydrogens is 320 g/mol. The molecule has 1 N–H and O–H groups in total. The van der Waals surface area contributed by atoms with Crippen molar-refractivity contribution in [1.82, 2.24) is 4.98 Å². The van der Waals surface area contributed by atoms with Crippen LogP contribution in [0.1, 0.15) is 21.5 Å². The first-order valence-electron chi connectivity index (χ1n) is 7.63. The molecule has 0 bridgehead atoms. The van der Waals surface area contributed by atoms with Gasteiger partial charge in [0.2, 0.25) is 0 Å². The van der Waals surface area contributed by atoms with Crippen molar-refractivity contribution < 1.29 is 4.79 Å². The highest BCUT2D eigenvalue weighted by Crippen LogP contribution is 2.20. The molecule has 4 heteroatoms. The molecule has 3 nitrogen and oxygen atoms in total. The lowest BCUT2D eigenvalue weighted by Gasteiger charge is -2.08. The Hall–Kier alpha value is -2.65. The van der Waals surface area contributed by atoms with Crippen LogP contribution in [0.2, 0.25) is 5.02 Å². The van der Waals surface area contributed by atoms with E-state index in [-0.39, 0.29) is 5.91 Å². The van der Waals surface area contributed by atoms with Gasteiger partial charge in [-0.05, 0) is 61.4 Å². The largest absolute Gasteiger partial charge is 0.322 e. The predicted molar refractivity (Wildman–Crippen MR) is 98.6 cm³/mol. The van der Waals surface area contributed by atoms with Gasteiger partial charge in [0.25, 0.3) is 5.91 Å². The number of carbonyl (C=O) groups excluding carboxylic acids is 1. The van der Waals surface area contributed by atoms with Crippen LogP contribution in [-0.4, -0.2) is 10.9 Å². The van der Waals surface area contributed by atoms with Gasteiger partial charge < -0.3 is 5.32 Å². The summed E-state index contributed by atoms with van der Waals surface area (Å²) in [5.41, 5.74) is 5.40. The Morgan fingerprint density at radius 3 is 2.33 bits per heavy atom. The molecule has 0 radical (unpaired) electrons. The van der Waals surface area contributed by atoms with E-state index in [1.54, 1.807) is 12.3 Å². The molecule has 24 heavy (non-hydrogen) atoms. The molecule has 1 aromatic heterocycles. The third-order valence-corrected chi connectivity index (χ3v) is 4.18. The van der Waals surface area contributed by atoms with Crippen molar-refractivity contribution >= 4 is 23.2 Å². The third-order valence-electron chi connectivity index (χ3n) is 3.93. The summed E-state index contributed by atoms with van der Waals surface area (Å²) in [5, 5.41) is 3.58. The standard InChI is InChI=1S/C20H17ClN2O/c1-13-3-9-18(11-14(13)2)23-20(24)16-6-10-19(22-12-16)15-4-7-17(21)8-5-15/h3-12H,1-2H3,(H,23,24). The van der Waals surface area contributed by atoms with Crippen molar-refractivity contribution in [2.45, 2.75) is 13.8 Å². The number of nitrogens with one attached hydrogen (secondary N) is 1. The number of anilines is 1. The first-order valence-corrected chi connectivity index (χ1v) is 8.01. The van der Waals surface area contributed by atoms with E-state index >= 15 is 0 Å². The number of hydrogen-bond acceptors (Lipinski definition) is 2. The summed E-state index contributed by atoms with van der Waals surface area (Å²) < 4.78 is 0. The Bertz CT molecular complexity index is 871.